The largest absolute Gasteiger partial charge is 0.546 e. The molecule has 1 aliphatic rings. The third-order valence-electron chi connectivity index (χ3n) is 3.36. The second-order valence-corrected chi connectivity index (χ2v) is 4.49. The van der Waals surface area contributed by atoms with E-state index in [-0.39, 0.29) is 29.2 Å². The number of ketones is 1. The van der Waals surface area contributed by atoms with E-state index in [4.69, 9.17) is 18.6 Å². The Morgan fingerprint density at radius 3 is 2.67 bits per heavy atom. The molecular weight excluding hydrogens is 280 g/mol. The maximum atomic E-state index is 12.3. The van der Waals surface area contributed by atoms with Gasteiger partial charge < -0.3 is 28.5 Å². The van der Waals surface area contributed by atoms with Gasteiger partial charge in [0.2, 0.25) is 5.75 Å². The van der Waals surface area contributed by atoms with Crippen molar-refractivity contribution < 1.29 is 33.3 Å². The van der Waals surface area contributed by atoms with Crippen LogP contribution in [0.2, 0.25) is 0 Å². The van der Waals surface area contributed by atoms with E-state index < -0.39 is 17.9 Å². The standard InChI is InChI=1S/C14H12O7/c1-18-10-6-3-4-20-11(6)13(19-2)12-9(10)7(15)5-8(21-12)14(16)17/h3-4,8H,5H2,1-2H3,(H,16,17)/p-1/t8-/m0/s1. The van der Waals surface area contributed by atoms with E-state index in [0.717, 1.165) is 0 Å². The summed E-state index contributed by atoms with van der Waals surface area (Å²) in [5.74, 6) is -1.44. The highest BCUT2D eigenvalue weighted by molar-refractivity contribution is 6.11. The number of aliphatic carboxylic acids is 1. The van der Waals surface area contributed by atoms with E-state index in [9.17, 15) is 14.7 Å². The molecule has 0 saturated carbocycles. The van der Waals surface area contributed by atoms with E-state index in [1.165, 1.54) is 20.5 Å². The first-order valence-electron chi connectivity index (χ1n) is 6.14. The van der Waals surface area contributed by atoms with Gasteiger partial charge in [-0.1, -0.05) is 0 Å². The number of carboxylic acids is 1. The molecule has 0 radical (unpaired) electrons. The van der Waals surface area contributed by atoms with Gasteiger partial charge in [0.05, 0.1) is 38.3 Å². The van der Waals surface area contributed by atoms with Crippen molar-refractivity contribution in [1.82, 2.24) is 0 Å². The van der Waals surface area contributed by atoms with E-state index in [0.29, 0.717) is 11.0 Å². The molecule has 0 spiro atoms. The number of rotatable bonds is 3. The second-order valence-electron chi connectivity index (χ2n) is 4.49. The Morgan fingerprint density at radius 1 is 1.33 bits per heavy atom. The van der Waals surface area contributed by atoms with Crippen molar-refractivity contribution in [3.05, 3.63) is 17.9 Å². The monoisotopic (exact) mass is 291 g/mol. The quantitative estimate of drug-likeness (QED) is 0.813. The number of hydrogen-bond donors (Lipinski definition) is 0. The molecule has 1 atom stereocenters. The van der Waals surface area contributed by atoms with Gasteiger partial charge >= 0.3 is 0 Å². The molecule has 1 aliphatic heterocycles. The molecule has 3 rings (SSSR count). The summed E-state index contributed by atoms with van der Waals surface area (Å²) in [6, 6.07) is 1.63. The van der Waals surface area contributed by atoms with Gasteiger partial charge in [-0.3, -0.25) is 4.79 Å². The predicted octanol–water partition coefficient (Wildman–Crippen LogP) is 0.534. The van der Waals surface area contributed by atoms with Crippen molar-refractivity contribution in [3.63, 3.8) is 0 Å². The predicted molar refractivity (Wildman–Crippen MR) is 67.7 cm³/mol. The summed E-state index contributed by atoms with van der Waals surface area (Å²) in [4.78, 5) is 23.3. The molecule has 0 saturated heterocycles. The van der Waals surface area contributed by atoms with Crippen LogP contribution in [0, 0.1) is 0 Å². The van der Waals surface area contributed by atoms with Gasteiger partial charge in [-0.15, -0.1) is 0 Å². The van der Waals surface area contributed by atoms with Crippen molar-refractivity contribution >= 4 is 22.7 Å². The first kappa shape index (κ1) is 13.3. The number of methoxy groups -OCH3 is 2. The third-order valence-corrected chi connectivity index (χ3v) is 3.36. The van der Waals surface area contributed by atoms with E-state index in [2.05, 4.69) is 0 Å². The maximum absolute atomic E-state index is 12.3. The highest BCUT2D eigenvalue weighted by atomic mass is 16.5. The van der Waals surface area contributed by atoms with Crippen LogP contribution in [0.3, 0.4) is 0 Å². The maximum Gasteiger partial charge on any atom is 0.205 e. The highest BCUT2D eigenvalue weighted by Gasteiger charge is 2.36. The number of ether oxygens (including phenoxy) is 3. The van der Waals surface area contributed by atoms with Crippen LogP contribution in [0.4, 0.5) is 0 Å². The Bertz CT molecular complexity index is 743. The lowest BCUT2D eigenvalue weighted by Crippen LogP contribution is -2.43. The van der Waals surface area contributed by atoms with Crippen molar-refractivity contribution in [3.8, 4) is 17.2 Å². The number of benzene rings is 1. The molecule has 0 aliphatic carbocycles. The lowest BCUT2D eigenvalue weighted by molar-refractivity contribution is -0.313. The van der Waals surface area contributed by atoms with Gasteiger partial charge in [0, 0.05) is 0 Å². The molecular formula is C14H11O7-. The number of carboxylic acid groups (broad SMARTS) is 1. The molecule has 0 fully saturated rings. The molecule has 110 valence electrons. The fourth-order valence-corrected chi connectivity index (χ4v) is 2.47. The molecule has 2 aromatic rings. The zero-order chi connectivity index (χ0) is 15.1. The molecule has 2 heterocycles. The van der Waals surface area contributed by atoms with Gasteiger partial charge in [-0.25, -0.2) is 0 Å². The first-order valence-corrected chi connectivity index (χ1v) is 6.14. The minimum Gasteiger partial charge on any atom is -0.546 e. The van der Waals surface area contributed by atoms with Crippen LogP contribution in [-0.2, 0) is 4.79 Å². The molecule has 7 heteroatoms. The lowest BCUT2D eigenvalue weighted by Gasteiger charge is -2.28. The van der Waals surface area contributed by atoms with Crippen molar-refractivity contribution in [2.75, 3.05) is 14.2 Å². The molecule has 0 unspecified atom stereocenters. The van der Waals surface area contributed by atoms with Gasteiger partial charge in [-0.05, 0) is 6.07 Å². The summed E-state index contributed by atoms with van der Waals surface area (Å²) in [5, 5.41) is 11.5. The Kier molecular flexibility index (Phi) is 2.97. The third kappa shape index (κ3) is 1.81. The number of fused-ring (bicyclic) bond motifs is 2. The van der Waals surface area contributed by atoms with Crippen LogP contribution in [0.15, 0.2) is 16.7 Å². The number of carbonyl (C=O) groups is 2. The average Bonchev–Trinajstić information content (AvgIpc) is 2.93. The molecule has 1 aromatic heterocycles. The second kappa shape index (κ2) is 4.69. The molecule has 0 N–H and O–H groups in total. The van der Waals surface area contributed by atoms with E-state index >= 15 is 0 Å². The van der Waals surface area contributed by atoms with Crippen LogP contribution in [-0.4, -0.2) is 32.1 Å². The lowest BCUT2D eigenvalue weighted by atomic mass is 9.97. The minimum atomic E-state index is -1.46. The smallest absolute Gasteiger partial charge is 0.205 e. The Balaban J connectivity index is 2.34. The summed E-state index contributed by atoms with van der Waals surface area (Å²) in [5.41, 5.74) is 0.473. The van der Waals surface area contributed by atoms with Gasteiger partial charge in [0.1, 0.15) is 17.4 Å². The van der Waals surface area contributed by atoms with Crippen molar-refractivity contribution in [2.24, 2.45) is 0 Å². The average molecular weight is 291 g/mol. The van der Waals surface area contributed by atoms with Crippen molar-refractivity contribution in [2.45, 2.75) is 12.5 Å². The van der Waals surface area contributed by atoms with Gasteiger partial charge in [-0.2, -0.15) is 0 Å². The van der Waals surface area contributed by atoms with Crippen LogP contribution >= 0.6 is 0 Å². The van der Waals surface area contributed by atoms with Crippen LogP contribution in [0.5, 0.6) is 17.2 Å². The van der Waals surface area contributed by atoms with Crippen LogP contribution < -0.4 is 19.3 Å². The number of carbonyl (C=O) groups excluding carboxylic acids is 2. The summed E-state index contributed by atoms with van der Waals surface area (Å²) in [6.07, 6.45) is -0.268. The molecule has 21 heavy (non-hydrogen) atoms. The number of hydrogen-bond acceptors (Lipinski definition) is 7. The van der Waals surface area contributed by atoms with E-state index in [1.54, 1.807) is 6.07 Å². The van der Waals surface area contributed by atoms with Gasteiger partial charge in [0.15, 0.2) is 17.1 Å². The topological polar surface area (TPSA) is 98.0 Å². The Hall–Kier alpha value is -2.70. The normalized spacial score (nSPS) is 17.2. The summed E-state index contributed by atoms with van der Waals surface area (Å²) in [7, 11) is 2.78. The molecule has 7 nitrogen and oxygen atoms in total. The molecule has 1 aromatic carbocycles. The minimum absolute atomic E-state index is 0.00208. The zero-order valence-electron chi connectivity index (χ0n) is 11.3. The first-order chi connectivity index (χ1) is 10.1. The van der Waals surface area contributed by atoms with E-state index in [1.807, 2.05) is 0 Å². The summed E-state index contributed by atoms with van der Waals surface area (Å²) < 4.78 is 21.2. The summed E-state index contributed by atoms with van der Waals surface area (Å²) >= 11 is 0. The zero-order valence-corrected chi connectivity index (χ0v) is 11.3. The summed E-state index contributed by atoms with van der Waals surface area (Å²) in [6.45, 7) is 0. The van der Waals surface area contributed by atoms with Crippen LogP contribution in [0.1, 0.15) is 16.8 Å². The molecule has 0 bridgehead atoms. The van der Waals surface area contributed by atoms with Crippen LogP contribution in [0.25, 0.3) is 11.0 Å². The SMILES string of the molecule is COc1c2c(c(OC)c3occc13)O[C@H](C(=O)[O-])CC2=O. The Labute approximate surface area is 119 Å². The fourth-order valence-electron chi connectivity index (χ4n) is 2.47. The van der Waals surface area contributed by atoms with Crippen molar-refractivity contribution in [1.29, 1.82) is 0 Å². The number of Topliss-reactive ketones (excluding diaryl/α,β-unsaturated/α-hetero) is 1. The Morgan fingerprint density at radius 2 is 2.05 bits per heavy atom. The highest BCUT2D eigenvalue weighted by Crippen LogP contribution is 2.48. The van der Waals surface area contributed by atoms with Gasteiger partial charge in [0.25, 0.3) is 0 Å². The molecule has 0 amide bonds. The fraction of sp³-hybridized carbons (Fsp3) is 0.286. The number of furan rings is 1.